The third kappa shape index (κ3) is 2.01. The molecule has 2 fully saturated rings. The minimum Gasteiger partial charge on any atom is -0.281 e. The molecule has 19 heavy (non-hydrogen) atoms. The Morgan fingerprint density at radius 1 is 1.21 bits per heavy atom. The molecule has 106 valence electrons. The Bertz CT molecular complexity index is 559. The van der Waals surface area contributed by atoms with Crippen molar-refractivity contribution in [1.29, 1.82) is 0 Å². The fourth-order valence-electron chi connectivity index (χ4n) is 3.70. The van der Waals surface area contributed by atoms with Crippen LogP contribution in [0.5, 0.6) is 0 Å². The zero-order chi connectivity index (χ0) is 13.6. The molecule has 2 heterocycles. The molecule has 3 rings (SSSR count). The molecule has 1 aliphatic heterocycles. The van der Waals surface area contributed by atoms with Crippen molar-refractivity contribution < 1.29 is 8.42 Å². The number of aromatic nitrogens is 2. The third-order valence-corrected chi connectivity index (χ3v) is 6.77. The van der Waals surface area contributed by atoms with Gasteiger partial charge in [0.2, 0.25) is 10.0 Å². The van der Waals surface area contributed by atoms with Crippen molar-refractivity contribution in [2.75, 3.05) is 6.54 Å². The van der Waals surface area contributed by atoms with Gasteiger partial charge in [-0.05, 0) is 39.0 Å². The van der Waals surface area contributed by atoms with Gasteiger partial charge in [-0.3, -0.25) is 5.10 Å². The summed E-state index contributed by atoms with van der Waals surface area (Å²) in [5, 5.41) is 6.81. The van der Waals surface area contributed by atoms with Crippen LogP contribution in [0.2, 0.25) is 0 Å². The van der Waals surface area contributed by atoms with Crippen molar-refractivity contribution in [3.8, 4) is 0 Å². The number of sulfonamides is 1. The first-order valence-electron chi connectivity index (χ1n) is 7.05. The summed E-state index contributed by atoms with van der Waals surface area (Å²) < 4.78 is 27.5. The number of rotatable bonds is 2. The second-order valence-electron chi connectivity index (χ2n) is 5.78. The average Bonchev–Trinajstić information content (AvgIpc) is 2.93. The van der Waals surface area contributed by atoms with Crippen molar-refractivity contribution in [3.63, 3.8) is 0 Å². The summed E-state index contributed by atoms with van der Waals surface area (Å²) in [6.07, 6.45) is 5.61. The van der Waals surface area contributed by atoms with Crippen molar-refractivity contribution in [3.05, 3.63) is 11.4 Å². The molecule has 1 aliphatic carbocycles. The molecule has 1 aromatic heterocycles. The van der Waals surface area contributed by atoms with Crippen LogP contribution in [0.3, 0.4) is 0 Å². The molecule has 1 aromatic rings. The monoisotopic (exact) mass is 283 g/mol. The standard InChI is InChI=1S/C13H21N3O2S/c1-9-13(10(2)15-14-9)19(17,18)16-8-7-11-5-3-4-6-12(11)16/h11-12H,3-8H2,1-2H3,(H,14,15). The van der Waals surface area contributed by atoms with Crippen molar-refractivity contribution >= 4 is 10.0 Å². The van der Waals surface area contributed by atoms with Gasteiger partial charge in [-0.15, -0.1) is 0 Å². The van der Waals surface area contributed by atoms with E-state index in [1.54, 1.807) is 18.2 Å². The van der Waals surface area contributed by atoms with E-state index >= 15 is 0 Å². The first-order chi connectivity index (χ1) is 9.01. The van der Waals surface area contributed by atoms with Gasteiger partial charge in [-0.25, -0.2) is 8.42 Å². The van der Waals surface area contributed by atoms with E-state index in [1.165, 1.54) is 12.8 Å². The Morgan fingerprint density at radius 3 is 2.63 bits per heavy atom. The Balaban J connectivity index is 1.97. The first kappa shape index (κ1) is 13.1. The van der Waals surface area contributed by atoms with Gasteiger partial charge in [0.25, 0.3) is 0 Å². The van der Waals surface area contributed by atoms with E-state index in [2.05, 4.69) is 10.2 Å². The topological polar surface area (TPSA) is 66.1 Å². The normalized spacial score (nSPS) is 28.5. The summed E-state index contributed by atoms with van der Waals surface area (Å²) in [6, 6.07) is 0.215. The van der Waals surface area contributed by atoms with Crippen molar-refractivity contribution in [1.82, 2.24) is 14.5 Å². The lowest BCUT2D eigenvalue weighted by Crippen LogP contribution is -2.39. The Hall–Kier alpha value is -0.880. The van der Waals surface area contributed by atoms with E-state index < -0.39 is 10.0 Å². The zero-order valence-electron chi connectivity index (χ0n) is 11.5. The van der Waals surface area contributed by atoms with Crippen LogP contribution in [0.15, 0.2) is 4.90 Å². The predicted octanol–water partition coefficient (Wildman–Crippen LogP) is 1.98. The second kappa shape index (κ2) is 4.59. The molecular formula is C13H21N3O2S. The number of nitrogens with one attached hydrogen (secondary N) is 1. The largest absolute Gasteiger partial charge is 0.281 e. The highest BCUT2D eigenvalue weighted by molar-refractivity contribution is 7.89. The number of hydrogen-bond donors (Lipinski definition) is 1. The predicted molar refractivity (Wildman–Crippen MR) is 72.3 cm³/mol. The SMILES string of the molecule is Cc1n[nH]c(C)c1S(=O)(=O)N1CCC2CCCCC21. The molecule has 0 aromatic carbocycles. The molecule has 0 radical (unpaired) electrons. The number of nitrogens with zero attached hydrogens (tertiary/aromatic N) is 2. The third-order valence-electron chi connectivity index (χ3n) is 4.59. The summed E-state index contributed by atoms with van der Waals surface area (Å²) >= 11 is 0. The smallest absolute Gasteiger partial charge is 0.246 e. The lowest BCUT2D eigenvalue weighted by Gasteiger charge is -2.31. The minimum absolute atomic E-state index is 0.215. The molecule has 1 saturated heterocycles. The summed E-state index contributed by atoms with van der Waals surface area (Å²) in [7, 11) is -3.39. The van der Waals surface area contributed by atoms with Gasteiger partial charge in [-0.1, -0.05) is 12.8 Å². The van der Waals surface area contributed by atoms with Crippen molar-refractivity contribution in [2.24, 2.45) is 5.92 Å². The summed E-state index contributed by atoms with van der Waals surface area (Å²) in [5.74, 6) is 0.566. The zero-order valence-corrected chi connectivity index (χ0v) is 12.3. The number of aryl methyl sites for hydroxylation is 2. The van der Waals surface area contributed by atoms with Crippen LogP contribution in [-0.4, -0.2) is 35.5 Å². The van der Waals surface area contributed by atoms with E-state index in [4.69, 9.17) is 0 Å². The Morgan fingerprint density at radius 2 is 1.95 bits per heavy atom. The molecule has 2 atom stereocenters. The van der Waals surface area contributed by atoms with Crippen LogP contribution >= 0.6 is 0 Å². The molecule has 1 N–H and O–H groups in total. The fraction of sp³-hybridized carbons (Fsp3) is 0.769. The van der Waals surface area contributed by atoms with Gasteiger partial charge < -0.3 is 0 Å². The lowest BCUT2D eigenvalue weighted by molar-refractivity contribution is 0.260. The highest BCUT2D eigenvalue weighted by atomic mass is 32.2. The quantitative estimate of drug-likeness (QED) is 0.902. The molecule has 1 saturated carbocycles. The minimum atomic E-state index is -3.39. The molecule has 0 spiro atoms. The number of H-pyrrole nitrogens is 1. The molecule has 0 bridgehead atoms. The summed E-state index contributed by atoms with van der Waals surface area (Å²) in [6.45, 7) is 4.20. The van der Waals surface area contributed by atoms with Gasteiger partial charge in [0.1, 0.15) is 4.90 Å². The van der Waals surface area contributed by atoms with E-state index in [0.29, 0.717) is 28.7 Å². The molecule has 2 aliphatic rings. The maximum absolute atomic E-state index is 12.9. The fourth-order valence-corrected chi connectivity index (χ4v) is 5.77. The number of fused-ring (bicyclic) bond motifs is 1. The lowest BCUT2D eigenvalue weighted by atomic mass is 9.86. The highest BCUT2D eigenvalue weighted by Crippen LogP contribution is 2.39. The molecular weight excluding hydrogens is 262 g/mol. The molecule has 5 nitrogen and oxygen atoms in total. The number of aromatic amines is 1. The second-order valence-corrected chi connectivity index (χ2v) is 7.61. The van der Waals surface area contributed by atoms with Crippen LogP contribution in [0.4, 0.5) is 0 Å². The van der Waals surface area contributed by atoms with Crippen LogP contribution in [0.1, 0.15) is 43.5 Å². The van der Waals surface area contributed by atoms with Crippen molar-refractivity contribution in [2.45, 2.75) is 56.9 Å². The van der Waals surface area contributed by atoms with E-state index in [0.717, 1.165) is 19.3 Å². The Kier molecular flexibility index (Phi) is 3.17. The highest BCUT2D eigenvalue weighted by Gasteiger charge is 2.43. The van der Waals surface area contributed by atoms with Gasteiger partial charge in [-0.2, -0.15) is 9.40 Å². The van der Waals surface area contributed by atoms with Crippen LogP contribution in [0, 0.1) is 19.8 Å². The van der Waals surface area contributed by atoms with Crippen LogP contribution in [-0.2, 0) is 10.0 Å². The molecule has 6 heteroatoms. The maximum Gasteiger partial charge on any atom is 0.246 e. The molecule has 2 unspecified atom stereocenters. The first-order valence-corrected chi connectivity index (χ1v) is 8.49. The van der Waals surface area contributed by atoms with Gasteiger partial charge in [0.05, 0.1) is 11.4 Å². The maximum atomic E-state index is 12.9. The van der Waals surface area contributed by atoms with Gasteiger partial charge in [0.15, 0.2) is 0 Å². The van der Waals surface area contributed by atoms with Gasteiger partial charge >= 0.3 is 0 Å². The molecule has 0 amide bonds. The van der Waals surface area contributed by atoms with Gasteiger partial charge in [0, 0.05) is 12.6 Å². The van der Waals surface area contributed by atoms with E-state index in [-0.39, 0.29) is 6.04 Å². The number of hydrogen-bond acceptors (Lipinski definition) is 3. The van der Waals surface area contributed by atoms with E-state index in [9.17, 15) is 8.42 Å². The average molecular weight is 283 g/mol. The van der Waals surface area contributed by atoms with E-state index in [1.807, 2.05) is 0 Å². The Labute approximate surface area is 114 Å². The van der Waals surface area contributed by atoms with Crippen LogP contribution < -0.4 is 0 Å². The summed E-state index contributed by atoms with van der Waals surface area (Å²) in [4.78, 5) is 0.388. The summed E-state index contributed by atoms with van der Waals surface area (Å²) in [5.41, 5.74) is 1.23. The van der Waals surface area contributed by atoms with Crippen LogP contribution in [0.25, 0.3) is 0 Å².